The number of Topliss-reactive ketones (excluding diaryl/α,β-unsaturated/α-hetero) is 1. The molecule has 0 spiro atoms. The van der Waals surface area contributed by atoms with Crippen molar-refractivity contribution in [2.24, 2.45) is 0 Å². The molecule has 0 bridgehead atoms. The number of benzene rings is 1. The van der Waals surface area contributed by atoms with Gasteiger partial charge in [0.15, 0.2) is 5.78 Å². The Morgan fingerprint density at radius 3 is 2.28 bits per heavy atom. The van der Waals surface area contributed by atoms with Crippen LogP contribution in [0.5, 0.6) is 5.75 Å². The predicted octanol–water partition coefficient (Wildman–Crippen LogP) is 1.15. The molecule has 0 radical (unpaired) electrons. The van der Waals surface area contributed by atoms with Gasteiger partial charge in [0.05, 0.1) is 25.4 Å². The van der Waals surface area contributed by atoms with E-state index in [1.54, 1.807) is 13.0 Å². The molecular weight excluding hydrogens is 330 g/mol. The summed E-state index contributed by atoms with van der Waals surface area (Å²) in [5.74, 6) is -2.91. The number of hydrogen-bond acceptors (Lipinski definition) is 6. The molecule has 2 rings (SSSR count). The van der Waals surface area contributed by atoms with Gasteiger partial charge in [0.1, 0.15) is 5.75 Å². The van der Waals surface area contributed by atoms with Gasteiger partial charge >= 0.3 is 11.9 Å². The van der Waals surface area contributed by atoms with Crippen molar-refractivity contribution >= 4 is 17.7 Å². The first-order valence-corrected chi connectivity index (χ1v) is 7.91. The van der Waals surface area contributed by atoms with Crippen LogP contribution in [0, 0.1) is 0 Å². The maximum Gasteiger partial charge on any atom is 0.414 e. The molecular formula is C17H23NO7. The molecule has 1 aromatic rings. The highest BCUT2D eigenvalue weighted by Crippen LogP contribution is 2.18. The number of rotatable bonds is 6. The lowest BCUT2D eigenvalue weighted by Crippen LogP contribution is -2.37. The van der Waals surface area contributed by atoms with Crippen molar-refractivity contribution in [2.45, 2.75) is 13.3 Å². The lowest BCUT2D eigenvalue weighted by Gasteiger charge is -2.26. The van der Waals surface area contributed by atoms with E-state index < -0.39 is 11.9 Å². The van der Waals surface area contributed by atoms with Gasteiger partial charge in [-0.1, -0.05) is 12.1 Å². The van der Waals surface area contributed by atoms with Crippen LogP contribution in [0.25, 0.3) is 0 Å². The minimum absolute atomic E-state index is 0.0452. The third-order valence-corrected chi connectivity index (χ3v) is 3.43. The number of ether oxygens (including phenoxy) is 2. The molecule has 0 saturated carbocycles. The minimum atomic E-state index is -1.82. The monoisotopic (exact) mass is 353 g/mol. The fraction of sp³-hybridized carbons (Fsp3) is 0.471. The van der Waals surface area contributed by atoms with Gasteiger partial charge in [0.2, 0.25) is 0 Å². The Labute approximate surface area is 146 Å². The summed E-state index contributed by atoms with van der Waals surface area (Å²) in [4.78, 5) is 32.0. The van der Waals surface area contributed by atoms with E-state index in [1.807, 2.05) is 18.2 Å². The Bertz CT molecular complexity index is 570. The van der Waals surface area contributed by atoms with Gasteiger partial charge in [-0.3, -0.25) is 9.69 Å². The number of aliphatic carboxylic acids is 2. The topological polar surface area (TPSA) is 113 Å². The van der Waals surface area contributed by atoms with Crippen molar-refractivity contribution < 1.29 is 34.1 Å². The summed E-state index contributed by atoms with van der Waals surface area (Å²) in [6, 6.07) is 7.41. The Kier molecular flexibility index (Phi) is 9.20. The van der Waals surface area contributed by atoms with E-state index in [1.165, 1.54) is 0 Å². The maximum atomic E-state index is 11.4. The van der Waals surface area contributed by atoms with Crippen molar-refractivity contribution in [2.75, 3.05) is 39.5 Å². The third-order valence-electron chi connectivity index (χ3n) is 3.43. The van der Waals surface area contributed by atoms with Crippen molar-refractivity contribution in [3.8, 4) is 5.75 Å². The minimum Gasteiger partial charge on any atom is -0.493 e. The van der Waals surface area contributed by atoms with E-state index in [0.29, 0.717) is 17.9 Å². The van der Waals surface area contributed by atoms with Gasteiger partial charge in [-0.15, -0.1) is 0 Å². The highest BCUT2D eigenvalue weighted by atomic mass is 16.5. The highest BCUT2D eigenvalue weighted by molar-refractivity contribution is 6.27. The van der Waals surface area contributed by atoms with Crippen LogP contribution >= 0.6 is 0 Å². The van der Waals surface area contributed by atoms with E-state index in [0.717, 1.165) is 39.3 Å². The summed E-state index contributed by atoms with van der Waals surface area (Å²) in [5.41, 5.74) is 0.661. The normalized spacial score (nSPS) is 14.1. The molecule has 138 valence electrons. The molecule has 2 N–H and O–H groups in total. The molecule has 0 amide bonds. The van der Waals surface area contributed by atoms with Crippen molar-refractivity contribution in [3.05, 3.63) is 29.8 Å². The summed E-state index contributed by atoms with van der Waals surface area (Å²) >= 11 is 0. The van der Waals surface area contributed by atoms with E-state index in [4.69, 9.17) is 29.3 Å². The smallest absolute Gasteiger partial charge is 0.414 e. The second-order valence-electron chi connectivity index (χ2n) is 5.32. The fourth-order valence-electron chi connectivity index (χ4n) is 2.18. The summed E-state index contributed by atoms with van der Waals surface area (Å²) in [6.45, 7) is 6.89. The number of carbonyl (C=O) groups is 3. The van der Waals surface area contributed by atoms with Gasteiger partial charge in [0.25, 0.3) is 0 Å². The summed E-state index contributed by atoms with van der Waals surface area (Å²) in [5, 5.41) is 14.8. The number of nitrogens with zero attached hydrogens (tertiary/aromatic N) is 1. The van der Waals surface area contributed by atoms with Crippen LogP contribution < -0.4 is 4.74 Å². The van der Waals surface area contributed by atoms with E-state index in [2.05, 4.69) is 4.90 Å². The van der Waals surface area contributed by atoms with E-state index >= 15 is 0 Å². The molecule has 0 unspecified atom stereocenters. The molecule has 1 saturated heterocycles. The number of hydrogen-bond donors (Lipinski definition) is 2. The number of carbonyl (C=O) groups excluding carboxylic acids is 1. The van der Waals surface area contributed by atoms with Crippen molar-refractivity contribution in [1.82, 2.24) is 4.90 Å². The van der Waals surface area contributed by atoms with Gasteiger partial charge in [-0.2, -0.15) is 0 Å². The van der Waals surface area contributed by atoms with Crippen LogP contribution in [0.15, 0.2) is 24.3 Å². The molecule has 25 heavy (non-hydrogen) atoms. The predicted molar refractivity (Wildman–Crippen MR) is 89.1 cm³/mol. The quantitative estimate of drug-likeness (QED) is 0.445. The molecule has 1 aromatic carbocycles. The molecule has 8 nitrogen and oxygen atoms in total. The van der Waals surface area contributed by atoms with E-state index in [9.17, 15) is 4.79 Å². The standard InChI is InChI=1S/C15H21NO3.C2H2O4/c1-13(17)14-5-2-3-6-15(14)19-10-4-7-16-8-11-18-12-9-16;3-1(4)2(5)6/h2-3,5-6H,4,7-12H2,1H3;(H,3,4)(H,5,6). The summed E-state index contributed by atoms with van der Waals surface area (Å²) < 4.78 is 11.0. The first-order chi connectivity index (χ1) is 11.9. The molecule has 8 heteroatoms. The number of para-hydroxylation sites is 1. The fourth-order valence-corrected chi connectivity index (χ4v) is 2.18. The first-order valence-electron chi connectivity index (χ1n) is 7.91. The van der Waals surface area contributed by atoms with Crippen LogP contribution in [0.4, 0.5) is 0 Å². The SMILES string of the molecule is CC(=O)c1ccccc1OCCCN1CCOCC1.O=C(O)C(=O)O. The largest absolute Gasteiger partial charge is 0.493 e. The number of carboxylic acid groups (broad SMARTS) is 2. The molecule has 1 fully saturated rings. The Balaban J connectivity index is 0.000000450. The zero-order valence-corrected chi connectivity index (χ0v) is 14.1. The summed E-state index contributed by atoms with van der Waals surface area (Å²) in [6.07, 6.45) is 0.965. The van der Waals surface area contributed by atoms with Crippen LogP contribution in [-0.4, -0.2) is 72.3 Å². The Morgan fingerprint density at radius 2 is 1.72 bits per heavy atom. The lowest BCUT2D eigenvalue weighted by atomic mass is 10.1. The van der Waals surface area contributed by atoms with Crippen LogP contribution in [0.2, 0.25) is 0 Å². The van der Waals surface area contributed by atoms with E-state index in [-0.39, 0.29) is 5.78 Å². The molecule has 1 aliphatic rings. The van der Waals surface area contributed by atoms with Gasteiger partial charge in [-0.25, -0.2) is 9.59 Å². The molecule has 1 heterocycles. The number of morpholine rings is 1. The Morgan fingerprint density at radius 1 is 1.12 bits per heavy atom. The first kappa shape index (κ1) is 20.6. The lowest BCUT2D eigenvalue weighted by molar-refractivity contribution is -0.159. The zero-order chi connectivity index (χ0) is 18.7. The average Bonchev–Trinajstić information content (AvgIpc) is 2.60. The second-order valence-corrected chi connectivity index (χ2v) is 5.32. The van der Waals surface area contributed by atoms with Crippen molar-refractivity contribution in [3.63, 3.8) is 0 Å². The van der Waals surface area contributed by atoms with Gasteiger partial charge in [-0.05, 0) is 25.5 Å². The zero-order valence-electron chi connectivity index (χ0n) is 14.1. The average molecular weight is 353 g/mol. The number of ketones is 1. The third kappa shape index (κ3) is 8.27. The Hall–Kier alpha value is -2.45. The van der Waals surface area contributed by atoms with Gasteiger partial charge < -0.3 is 19.7 Å². The molecule has 0 aromatic heterocycles. The molecule has 1 aliphatic heterocycles. The number of carboxylic acids is 2. The van der Waals surface area contributed by atoms with Crippen LogP contribution in [-0.2, 0) is 14.3 Å². The van der Waals surface area contributed by atoms with Gasteiger partial charge in [0, 0.05) is 19.6 Å². The molecule has 0 atom stereocenters. The van der Waals surface area contributed by atoms with Crippen LogP contribution in [0.3, 0.4) is 0 Å². The van der Waals surface area contributed by atoms with Crippen molar-refractivity contribution in [1.29, 1.82) is 0 Å². The maximum absolute atomic E-state index is 11.4. The second kappa shape index (κ2) is 11.2. The molecule has 0 aliphatic carbocycles. The van der Waals surface area contributed by atoms with Crippen LogP contribution in [0.1, 0.15) is 23.7 Å². The summed E-state index contributed by atoms with van der Waals surface area (Å²) in [7, 11) is 0. The highest BCUT2D eigenvalue weighted by Gasteiger charge is 2.10.